The molecule has 4 saturated carbocycles. The van der Waals surface area contributed by atoms with Crippen molar-refractivity contribution in [3.8, 4) is 0 Å². The van der Waals surface area contributed by atoms with Crippen molar-refractivity contribution in [3.05, 3.63) is 11.7 Å². The molecule has 4 fully saturated rings. The van der Waals surface area contributed by atoms with E-state index in [-0.39, 0.29) is 0 Å². The van der Waals surface area contributed by atoms with Gasteiger partial charge in [0.2, 0.25) is 5.89 Å². The summed E-state index contributed by atoms with van der Waals surface area (Å²) < 4.78 is 5.49. The highest BCUT2D eigenvalue weighted by Gasteiger charge is 2.73. The van der Waals surface area contributed by atoms with Gasteiger partial charge in [-0.05, 0) is 80.1 Å². The van der Waals surface area contributed by atoms with Gasteiger partial charge in [-0.3, -0.25) is 4.90 Å². The van der Waals surface area contributed by atoms with Crippen molar-refractivity contribution in [2.24, 2.45) is 34.5 Å². The Morgan fingerprint density at radius 3 is 2.83 bits per heavy atom. The number of hydrogen-bond donors (Lipinski definition) is 0. The summed E-state index contributed by atoms with van der Waals surface area (Å²) >= 11 is 0. The maximum absolute atomic E-state index is 5.49. The molecule has 5 rings (SSSR count). The number of aromatic nitrogens is 2. The average Bonchev–Trinajstić information content (AvgIpc) is 3.04. The van der Waals surface area contributed by atoms with E-state index in [9.17, 15) is 0 Å². The van der Waals surface area contributed by atoms with Crippen molar-refractivity contribution in [1.29, 1.82) is 0 Å². The lowest BCUT2D eigenvalue weighted by atomic mass is 9.46. The van der Waals surface area contributed by atoms with Crippen molar-refractivity contribution in [1.82, 2.24) is 15.0 Å². The maximum atomic E-state index is 5.49. The largest absolute Gasteiger partial charge is 0.338 e. The minimum absolute atomic E-state index is 0.575. The van der Waals surface area contributed by atoms with E-state index < -0.39 is 0 Å². The fourth-order valence-corrected chi connectivity index (χ4v) is 7.47. The van der Waals surface area contributed by atoms with Gasteiger partial charge in [-0.2, -0.15) is 4.98 Å². The molecule has 0 aromatic carbocycles. The first-order valence-corrected chi connectivity index (χ1v) is 9.98. The second-order valence-electron chi connectivity index (χ2n) is 10.0. The smallest absolute Gasteiger partial charge is 0.240 e. The summed E-state index contributed by atoms with van der Waals surface area (Å²) in [6.07, 6.45) is 10.1. The number of nitrogens with zero attached hydrogens (tertiary/aromatic N) is 3. The van der Waals surface area contributed by atoms with Crippen LogP contribution in [0, 0.1) is 34.5 Å². The summed E-state index contributed by atoms with van der Waals surface area (Å²) in [4.78, 5) is 7.06. The van der Waals surface area contributed by atoms with Gasteiger partial charge in [-0.1, -0.05) is 19.0 Å². The first-order valence-electron chi connectivity index (χ1n) is 9.98. The molecule has 4 aliphatic carbocycles. The second-order valence-corrected chi connectivity index (χ2v) is 10.0. The van der Waals surface area contributed by atoms with Crippen LogP contribution in [0.25, 0.3) is 0 Å². The zero-order valence-corrected chi connectivity index (χ0v) is 15.4. The normalized spacial score (nSPS) is 42.1. The quantitative estimate of drug-likeness (QED) is 0.793. The van der Waals surface area contributed by atoms with E-state index in [1.165, 1.54) is 25.8 Å². The highest BCUT2D eigenvalue weighted by atomic mass is 16.5. The molecule has 0 amide bonds. The minimum atomic E-state index is 0.575. The van der Waals surface area contributed by atoms with Gasteiger partial charge in [-0.15, -0.1) is 0 Å². The number of hydrogen-bond acceptors (Lipinski definition) is 4. The third-order valence-electron chi connectivity index (χ3n) is 7.82. The van der Waals surface area contributed by atoms with Gasteiger partial charge in [0.25, 0.3) is 0 Å². The molecule has 1 heterocycles. The zero-order chi connectivity index (χ0) is 16.5. The lowest BCUT2D eigenvalue weighted by Gasteiger charge is -2.60. The molecule has 3 bridgehead atoms. The molecule has 5 unspecified atom stereocenters. The molecule has 1 aromatic heterocycles. The Hall–Kier alpha value is -0.900. The van der Waals surface area contributed by atoms with Gasteiger partial charge >= 0.3 is 0 Å². The van der Waals surface area contributed by atoms with Gasteiger partial charge in [0.15, 0.2) is 5.82 Å². The molecular formula is C20H31N3O. The Bertz CT molecular complexity index is 635. The van der Waals surface area contributed by atoms with Gasteiger partial charge < -0.3 is 4.52 Å². The van der Waals surface area contributed by atoms with E-state index in [1.807, 2.05) is 0 Å². The summed E-state index contributed by atoms with van der Waals surface area (Å²) in [5, 5.41) is 4.15. The van der Waals surface area contributed by atoms with Gasteiger partial charge in [0.05, 0.1) is 6.54 Å². The van der Waals surface area contributed by atoms with E-state index in [0.29, 0.717) is 11.3 Å². The molecule has 0 N–H and O–H groups in total. The topological polar surface area (TPSA) is 42.2 Å². The first kappa shape index (κ1) is 15.4. The minimum Gasteiger partial charge on any atom is -0.338 e. The monoisotopic (exact) mass is 329 g/mol. The van der Waals surface area contributed by atoms with Crippen molar-refractivity contribution >= 4 is 0 Å². The van der Waals surface area contributed by atoms with Crippen LogP contribution in [-0.2, 0) is 13.0 Å². The summed E-state index contributed by atoms with van der Waals surface area (Å²) in [7, 11) is 2.25. The van der Waals surface area contributed by atoms with Crippen molar-refractivity contribution < 1.29 is 4.52 Å². The third-order valence-corrected chi connectivity index (χ3v) is 7.82. The summed E-state index contributed by atoms with van der Waals surface area (Å²) in [5.74, 6) is 5.40. The van der Waals surface area contributed by atoms with Crippen molar-refractivity contribution in [2.45, 2.75) is 65.3 Å². The van der Waals surface area contributed by atoms with E-state index in [4.69, 9.17) is 4.52 Å². The lowest BCUT2D eigenvalue weighted by molar-refractivity contribution is -0.115. The Kier molecular flexibility index (Phi) is 3.24. The predicted octanol–water partition coefficient (Wildman–Crippen LogP) is 3.92. The van der Waals surface area contributed by atoms with Crippen LogP contribution >= 0.6 is 0 Å². The van der Waals surface area contributed by atoms with Crippen LogP contribution in [0.2, 0.25) is 0 Å². The van der Waals surface area contributed by atoms with Crippen LogP contribution in [0.5, 0.6) is 0 Å². The summed E-state index contributed by atoms with van der Waals surface area (Å²) in [5.41, 5.74) is 1.34. The average molecular weight is 329 g/mol. The molecule has 0 radical (unpaired) electrons. The van der Waals surface area contributed by atoms with Crippen LogP contribution < -0.4 is 0 Å². The van der Waals surface area contributed by atoms with E-state index in [2.05, 4.69) is 35.9 Å². The Morgan fingerprint density at radius 2 is 2.00 bits per heavy atom. The van der Waals surface area contributed by atoms with Crippen LogP contribution in [0.3, 0.4) is 0 Å². The van der Waals surface area contributed by atoms with Crippen LogP contribution in [0.4, 0.5) is 0 Å². The van der Waals surface area contributed by atoms with E-state index in [1.54, 1.807) is 19.3 Å². The highest BCUT2D eigenvalue weighted by Crippen LogP contribution is 2.81. The van der Waals surface area contributed by atoms with Crippen LogP contribution in [0.1, 0.15) is 64.1 Å². The standard InChI is InChI=1S/C20H31N3O/c1-13(2)4-17-21-18(24-22-17)11-23(3)12-19-7-15-5-14-6-16(10-19)20(19,8-14)9-15/h13-16H,4-12H2,1-3H3. The second kappa shape index (κ2) is 5.06. The molecule has 0 aliphatic heterocycles. The van der Waals surface area contributed by atoms with Crippen LogP contribution in [-0.4, -0.2) is 28.6 Å². The van der Waals surface area contributed by atoms with Crippen molar-refractivity contribution in [3.63, 3.8) is 0 Å². The fraction of sp³-hybridized carbons (Fsp3) is 0.900. The molecule has 5 atom stereocenters. The molecule has 1 aromatic rings. The highest BCUT2D eigenvalue weighted by molar-refractivity contribution is 5.23. The molecule has 24 heavy (non-hydrogen) atoms. The number of rotatable bonds is 6. The van der Waals surface area contributed by atoms with E-state index >= 15 is 0 Å². The van der Waals surface area contributed by atoms with Crippen LogP contribution in [0.15, 0.2) is 4.52 Å². The molecule has 132 valence electrons. The van der Waals surface area contributed by atoms with E-state index in [0.717, 1.165) is 47.8 Å². The third kappa shape index (κ3) is 2.07. The SMILES string of the molecule is CC(C)Cc1noc(CN(C)CC23CC4CC5CC(C2)C3(C5)C4)n1. The predicted molar refractivity (Wildman–Crippen MR) is 92.2 cm³/mol. The van der Waals surface area contributed by atoms with Gasteiger partial charge in [0.1, 0.15) is 0 Å². The molecule has 4 heteroatoms. The summed E-state index contributed by atoms with van der Waals surface area (Å²) in [6, 6.07) is 0. The summed E-state index contributed by atoms with van der Waals surface area (Å²) in [6.45, 7) is 6.43. The van der Waals surface area contributed by atoms with Gasteiger partial charge in [0, 0.05) is 13.0 Å². The molecule has 1 spiro atoms. The molecule has 0 saturated heterocycles. The fourth-order valence-electron chi connectivity index (χ4n) is 7.47. The maximum Gasteiger partial charge on any atom is 0.240 e. The lowest BCUT2D eigenvalue weighted by Crippen LogP contribution is -2.56. The van der Waals surface area contributed by atoms with Gasteiger partial charge in [-0.25, -0.2) is 0 Å². The zero-order valence-electron chi connectivity index (χ0n) is 15.4. The Balaban J connectivity index is 1.26. The number of fused-ring (bicyclic) bond motifs is 2. The Labute approximate surface area is 145 Å². The molecule has 4 aliphatic rings. The first-order chi connectivity index (χ1) is 11.5. The molecule has 4 nitrogen and oxygen atoms in total. The molecular weight excluding hydrogens is 298 g/mol. The Morgan fingerprint density at radius 1 is 1.17 bits per heavy atom. The van der Waals surface area contributed by atoms with Crippen molar-refractivity contribution in [2.75, 3.05) is 13.6 Å².